The lowest BCUT2D eigenvalue weighted by atomic mass is 10.1. The van der Waals surface area contributed by atoms with Crippen molar-refractivity contribution in [3.63, 3.8) is 0 Å². The van der Waals surface area contributed by atoms with E-state index in [0.29, 0.717) is 15.6 Å². The zero-order chi connectivity index (χ0) is 27.2. The van der Waals surface area contributed by atoms with Crippen molar-refractivity contribution >= 4 is 79.8 Å². The number of amides is 1. The number of carboxylic acid groups (broad SMARTS) is 1. The van der Waals surface area contributed by atoms with E-state index in [-0.39, 0.29) is 46.6 Å². The van der Waals surface area contributed by atoms with Gasteiger partial charge in [0.2, 0.25) is 5.91 Å². The largest absolute Gasteiger partial charge is 0.480 e. The van der Waals surface area contributed by atoms with Gasteiger partial charge in [-0.05, 0) is 48.7 Å². The number of nitrogens with one attached hydrogen (secondary N) is 2. The zero-order valence-electron chi connectivity index (χ0n) is 18.6. The van der Waals surface area contributed by atoms with Gasteiger partial charge in [-0.3, -0.25) is 19.9 Å². The van der Waals surface area contributed by atoms with Crippen LogP contribution in [-0.2, 0) is 26.0 Å². The summed E-state index contributed by atoms with van der Waals surface area (Å²) < 4.78 is 26.4. The Labute approximate surface area is 227 Å². The highest BCUT2D eigenvalue weighted by atomic mass is 35.5. The van der Waals surface area contributed by atoms with E-state index >= 15 is 0 Å². The summed E-state index contributed by atoms with van der Waals surface area (Å²) in [6.07, 6.45) is 0.0775. The normalized spacial score (nSPS) is 12.1. The second-order valence-electron chi connectivity index (χ2n) is 7.64. The van der Waals surface area contributed by atoms with Gasteiger partial charge in [0, 0.05) is 23.1 Å². The van der Waals surface area contributed by atoms with Crippen LogP contribution in [0.1, 0.15) is 18.4 Å². The molecule has 1 atom stereocenters. The van der Waals surface area contributed by atoms with Gasteiger partial charge in [-0.25, -0.2) is 8.42 Å². The Bertz CT molecular complexity index is 1260. The predicted molar refractivity (Wildman–Crippen MR) is 141 cm³/mol. The number of carboxylic acids is 1. The fraction of sp³-hybridized carbons (Fsp3) is 0.286. The Kier molecular flexibility index (Phi) is 10.6. The number of hydrogen-bond donors (Lipinski definition) is 5. The third kappa shape index (κ3) is 8.12. The zero-order valence-corrected chi connectivity index (χ0v) is 22.4. The summed E-state index contributed by atoms with van der Waals surface area (Å²) >= 11 is 24.4. The van der Waals surface area contributed by atoms with Crippen LogP contribution in [0.2, 0.25) is 20.1 Å². The fourth-order valence-electron chi connectivity index (χ4n) is 3.15. The van der Waals surface area contributed by atoms with Crippen LogP contribution in [0.5, 0.6) is 0 Å². The van der Waals surface area contributed by atoms with Crippen LogP contribution < -0.4 is 16.8 Å². The number of sulfone groups is 1. The lowest BCUT2D eigenvalue weighted by Gasteiger charge is -2.22. The lowest BCUT2D eigenvalue weighted by molar-refractivity contribution is -0.138. The van der Waals surface area contributed by atoms with Crippen LogP contribution in [0.4, 0.5) is 5.69 Å². The van der Waals surface area contributed by atoms with Crippen molar-refractivity contribution in [2.75, 3.05) is 17.6 Å². The van der Waals surface area contributed by atoms with E-state index in [9.17, 15) is 18.0 Å². The van der Waals surface area contributed by atoms with Crippen LogP contribution in [-0.4, -0.2) is 54.6 Å². The molecule has 196 valence electrons. The van der Waals surface area contributed by atoms with E-state index in [1.54, 1.807) is 12.1 Å². The predicted octanol–water partition coefficient (Wildman–Crippen LogP) is 3.60. The highest BCUT2D eigenvalue weighted by Crippen LogP contribution is 2.36. The molecule has 2 rings (SSSR count). The summed E-state index contributed by atoms with van der Waals surface area (Å²) in [5.41, 5.74) is 11.5. The number of anilines is 1. The quantitative estimate of drug-likeness (QED) is 0.192. The number of nitrogens with zero attached hydrogens (tertiary/aromatic N) is 1. The highest BCUT2D eigenvalue weighted by Gasteiger charge is 2.29. The number of nitrogens with two attached hydrogens (primary N) is 2. The number of halogens is 4. The molecule has 36 heavy (non-hydrogen) atoms. The highest BCUT2D eigenvalue weighted by molar-refractivity contribution is 7.92. The second-order valence-corrected chi connectivity index (χ2v) is 11.3. The van der Waals surface area contributed by atoms with Crippen molar-refractivity contribution in [2.24, 2.45) is 11.5 Å². The smallest absolute Gasteiger partial charge is 0.320 e. The molecular formula is C21H23Cl4N5O5S. The molecule has 0 fully saturated rings. The summed E-state index contributed by atoms with van der Waals surface area (Å²) in [4.78, 5) is 24.1. The Hall–Kier alpha value is -2.28. The van der Waals surface area contributed by atoms with Gasteiger partial charge < -0.3 is 21.9 Å². The molecule has 0 heterocycles. The number of aliphatic carboxylic acids is 1. The first-order chi connectivity index (χ1) is 16.7. The van der Waals surface area contributed by atoms with Crippen LogP contribution in [0.3, 0.4) is 0 Å². The molecule has 1 amide bonds. The SMILES string of the molecule is N=C(N)N(CCCC(N)C(=O)O)C(=O)CS(=O)(=O)c1ccc(Cl)c(Cl)c1NCc1cc(Cl)cc(Cl)c1. The molecule has 0 aliphatic rings. The summed E-state index contributed by atoms with van der Waals surface area (Å²) in [6, 6.07) is 6.09. The van der Waals surface area contributed by atoms with E-state index in [4.69, 9.17) is 68.4 Å². The molecule has 0 saturated heterocycles. The minimum absolute atomic E-state index is 0.00643. The van der Waals surface area contributed by atoms with Crippen LogP contribution in [0.25, 0.3) is 0 Å². The van der Waals surface area contributed by atoms with Gasteiger partial charge in [0.1, 0.15) is 11.8 Å². The Morgan fingerprint density at radius 1 is 1.11 bits per heavy atom. The van der Waals surface area contributed by atoms with Crippen LogP contribution >= 0.6 is 46.4 Å². The fourth-order valence-corrected chi connectivity index (χ4v) is 5.56. The van der Waals surface area contributed by atoms with Crippen molar-refractivity contribution in [3.05, 3.63) is 56.0 Å². The number of hydrogen-bond acceptors (Lipinski definition) is 7. The average molecular weight is 599 g/mol. The molecule has 0 radical (unpaired) electrons. The lowest BCUT2D eigenvalue weighted by Crippen LogP contribution is -2.45. The molecule has 2 aromatic carbocycles. The summed E-state index contributed by atoms with van der Waals surface area (Å²) in [5.74, 6) is -3.93. The summed E-state index contributed by atoms with van der Waals surface area (Å²) in [6.45, 7) is -0.104. The van der Waals surface area contributed by atoms with E-state index in [2.05, 4.69) is 5.32 Å². The van der Waals surface area contributed by atoms with E-state index in [1.807, 2.05) is 0 Å². The molecule has 2 aromatic rings. The monoisotopic (exact) mass is 597 g/mol. The minimum atomic E-state index is -4.30. The van der Waals surface area contributed by atoms with Gasteiger partial charge in [-0.15, -0.1) is 0 Å². The third-order valence-corrected chi connectivity index (χ3v) is 7.78. The molecule has 15 heteroatoms. The second kappa shape index (κ2) is 12.8. The van der Waals surface area contributed by atoms with Crippen molar-refractivity contribution in [3.8, 4) is 0 Å². The first-order valence-electron chi connectivity index (χ1n) is 10.2. The van der Waals surface area contributed by atoms with Crippen molar-refractivity contribution < 1.29 is 23.1 Å². The van der Waals surface area contributed by atoms with E-state index in [1.165, 1.54) is 18.2 Å². The molecule has 7 N–H and O–H groups in total. The third-order valence-electron chi connectivity index (χ3n) is 4.90. The maximum atomic E-state index is 13.2. The molecule has 0 aliphatic heterocycles. The number of guanidine groups is 1. The van der Waals surface area contributed by atoms with Gasteiger partial charge in [0.25, 0.3) is 0 Å². The average Bonchev–Trinajstić information content (AvgIpc) is 2.75. The number of rotatable bonds is 11. The van der Waals surface area contributed by atoms with Crippen molar-refractivity contribution in [1.82, 2.24) is 4.90 Å². The molecule has 1 unspecified atom stereocenters. The van der Waals surface area contributed by atoms with Crippen LogP contribution in [0, 0.1) is 5.41 Å². The molecule has 0 bridgehead atoms. The topological polar surface area (TPSA) is 180 Å². The molecular weight excluding hydrogens is 576 g/mol. The van der Waals surface area contributed by atoms with Gasteiger partial charge in [0.15, 0.2) is 15.8 Å². The minimum Gasteiger partial charge on any atom is -0.480 e. The Morgan fingerprint density at radius 2 is 1.72 bits per heavy atom. The Balaban J connectivity index is 2.27. The molecule has 0 aromatic heterocycles. The molecule has 0 spiro atoms. The number of benzene rings is 2. The molecule has 0 aliphatic carbocycles. The van der Waals surface area contributed by atoms with Crippen LogP contribution in [0.15, 0.2) is 35.2 Å². The summed E-state index contributed by atoms with van der Waals surface area (Å²) in [5, 5.41) is 20.2. The van der Waals surface area contributed by atoms with E-state index < -0.39 is 39.5 Å². The standard InChI is InChI=1S/C21H23Cl4N5O5S/c22-12-6-11(7-13(23)8-12)9-29-19-16(4-3-14(24)18(19)25)36(34,35)10-17(31)30(21(27)28)5-1-2-15(26)20(32)33/h3-4,6-8,15,29H,1-2,5,9-10,26H2,(H3,27,28)(H,32,33). The van der Waals surface area contributed by atoms with Crippen molar-refractivity contribution in [1.29, 1.82) is 5.41 Å². The Morgan fingerprint density at radius 3 is 2.28 bits per heavy atom. The number of carbonyl (C=O) groups is 2. The summed E-state index contributed by atoms with van der Waals surface area (Å²) in [7, 11) is -4.30. The molecule has 10 nitrogen and oxygen atoms in total. The van der Waals surface area contributed by atoms with E-state index in [0.717, 1.165) is 4.90 Å². The maximum absolute atomic E-state index is 13.2. The first kappa shape index (κ1) is 29.9. The maximum Gasteiger partial charge on any atom is 0.320 e. The van der Waals surface area contributed by atoms with Crippen molar-refractivity contribution in [2.45, 2.75) is 30.3 Å². The van der Waals surface area contributed by atoms with Gasteiger partial charge in [0.05, 0.1) is 20.6 Å². The molecule has 0 saturated carbocycles. The first-order valence-corrected chi connectivity index (χ1v) is 13.4. The number of carbonyl (C=O) groups excluding carboxylic acids is 1. The van der Waals surface area contributed by atoms with Gasteiger partial charge in [-0.2, -0.15) is 0 Å². The van der Waals surface area contributed by atoms with Gasteiger partial charge in [-0.1, -0.05) is 46.4 Å². The van der Waals surface area contributed by atoms with Gasteiger partial charge >= 0.3 is 5.97 Å².